The zero-order chi connectivity index (χ0) is 8.43. The van der Waals surface area contributed by atoms with Crippen molar-refractivity contribution in [2.24, 2.45) is 11.8 Å². The predicted octanol–water partition coefficient (Wildman–Crippen LogP) is -0.416. The highest BCUT2D eigenvalue weighted by Gasteiger charge is 2.31. The molecule has 1 unspecified atom stereocenters. The zero-order valence-electron chi connectivity index (χ0n) is 7.12. The molecule has 3 atom stereocenters. The van der Waals surface area contributed by atoms with E-state index in [0.29, 0.717) is 12.5 Å². The summed E-state index contributed by atoms with van der Waals surface area (Å²) in [4.78, 5) is 0. The molecule has 0 saturated carbocycles. The number of hydrogen-bond acceptors (Lipinski definition) is 3. The Morgan fingerprint density at radius 2 is 1.91 bits per heavy atom. The second-order valence-electron chi connectivity index (χ2n) is 3.62. The van der Waals surface area contributed by atoms with Crippen LogP contribution in [-0.2, 0) is 0 Å². The lowest BCUT2D eigenvalue weighted by atomic mass is 9.85. The normalized spacial score (nSPS) is 39.5. The van der Waals surface area contributed by atoms with E-state index in [0.717, 1.165) is 6.54 Å². The Labute approximate surface area is 67.4 Å². The second kappa shape index (κ2) is 3.52. The molecule has 0 aromatic rings. The molecule has 3 N–H and O–H groups in total. The molecule has 1 aliphatic rings. The highest BCUT2D eigenvalue weighted by molar-refractivity contribution is 4.85. The van der Waals surface area contributed by atoms with Gasteiger partial charge in [0.1, 0.15) is 0 Å². The molecule has 0 aliphatic carbocycles. The molecule has 0 radical (unpaired) electrons. The van der Waals surface area contributed by atoms with E-state index in [1.807, 2.05) is 0 Å². The third-order valence-corrected chi connectivity index (χ3v) is 2.42. The van der Waals surface area contributed by atoms with Crippen molar-refractivity contribution in [1.29, 1.82) is 0 Å². The van der Waals surface area contributed by atoms with Crippen molar-refractivity contribution >= 4 is 0 Å². The fourth-order valence-electron chi connectivity index (χ4n) is 1.55. The SMILES string of the molecule is CC(C)C1CNC[C@@H](O)[C@@H]1O. The smallest absolute Gasteiger partial charge is 0.0926 e. The van der Waals surface area contributed by atoms with Crippen LogP contribution in [0, 0.1) is 11.8 Å². The van der Waals surface area contributed by atoms with Crippen LogP contribution in [0.25, 0.3) is 0 Å². The fraction of sp³-hybridized carbons (Fsp3) is 1.00. The van der Waals surface area contributed by atoms with Gasteiger partial charge < -0.3 is 15.5 Å². The average Bonchev–Trinajstić information content (AvgIpc) is 1.94. The second-order valence-corrected chi connectivity index (χ2v) is 3.62. The first kappa shape index (κ1) is 8.97. The van der Waals surface area contributed by atoms with Crippen molar-refractivity contribution in [2.45, 2.75) is 26.1 Å². The van der Waals surface area contributed by atoms with Crippen molar-refractivity contribution in [3.8, 4) is 0 Å². The Bertz CT molecular complexity index is 127. The van der Waals surface area contributed by atoms with Gasteiger partial charge in [0.05, 0.1) is 12.2 Å². The van der Waals surface area contributed by atoms with Gasteiger partial charge in [-0.2, -0.15) is 0 Å². The molecule has 0 aromatic carbocycles. The van der Waals surface area contributed by atoms with Gasteiger partial charge in [-0.1, -0.05) is 13.8 Å². The molecule has 1 aliphatic heterocycles. The minimum atomic E-state index is -0.587. The maximum absolute atomic E-state index is 9.52. The van der Waals surface area contributed by atoms with E-state index in [9.17, 15) is 10.2 Å². The number of rotatable bonds is 1. The number of β-amino-alcohol motifs (C(OH)–C–C–N with tert-alkyl or cyclic N) is 1. The molecular formula is C8H17NO2. The van der Waals surface area contributed by atoms with Crippen LogP contribution in [0.2, 0.25) is 0 Å². The van der Waals surface area contributed by atoms with Crippen LogP contribution >= 0.6 is 0 Å². The van der Waals surface area contributed by atoms with Crippen LogP contribution in [0.4, 0.5) is 0 Å². The summed E-state index contributed by atoms with van der Waals surface area (Å²) in [5, 5.41) is 21.9. The summed E-state index contributed by atoms with van der Waals surface area (Å²) < 4.78 is 0. The third kappa shape index (κ3) is 1.92. The lowest BCUT2D eigenvalue weighted by Crippen LogP contribution is -2.51. The molecule has 0 spiro atoms. The summed E-state index contributed by atoms with van der Waals surface area (Å²) in [6.45, 7) is 5.46. The Balaban J connectivity index is 2.51. The van der Waals surface area contributed by atoms with Crippen LogP contribution in [0.1, 0.15) is 13.8 Å². The molecule has 0 amide bonds. The summed E-state index contributed by atoms with van der Waals surface area (Å²) in [6.07, 6.45) is -1.13. The number of aliphatic hydroxyl groups excluding tert-OH is 2. The largest absolute Gasteiger partial charge is 0.390 e. The van der Waals surface area contributed by atoms with Crippen LogP contribution in [0.15, 0.2) is 0 Å². The Kier molecular flexibility index (Phi) is 2.87. The van der Waals surface area contributed by atoms with E-state index < -0.39 is 12.2 Å². The van der Waals surface area contributed by atoms with Crippen molar-refractivity contribution < 1.29 is 10.2 Å². The minimum Gasteiger partial charge on any atom is -0.390 e. The minimum absolute atomic E-state index is 0.193. The van der Waals surface area contributed by atoms with Crippen LogP contribution < -0.4 is 5.32 Å². The number of piperidine rings is 1. The van der Waals surface area contributed by atoms with Crippen molar-refractivity contribution in [3.63, 3.8) is 0 Å². The van der Waals surface area contributed by atoms with E-state index >= 15 is 0 Å². The maximum atomic E-state index is 9.52. The number of aliphatic hydroxyl groups is 2. The van der Waals surface area contributed by atoms with E-state index in [-0.39, 0.29) is 5.92 Å². The van der Waals surface area contributed by atoms with Gasteiger partial charge in [0.15, 0.2) is 0 Å². The molecule has 1 heterocycles. The molecule has 1 fully saturated rings. The summed E-state index contributed by atoms with van der Waals surface area (Å²) in [6, 6.07) is 0. The van der Waals surface area contributed by atoms with E-state index in [1.165, 1.54) is 0 Å². The first-order valence-electron chi connectivity index (χ1n) is 4.19. The predicted molar refractivity (Wildman–Crippen MR) is 43.2 cm³/mol. The molecule has 3 nitrogen and oxygen atoms in total. The van der Waals surface area contributed by atoms with Crippen LogP contribution in [0.5, 0.6) is 0 Å². The molecule has 1 saturated heterocycles. The van der Waals surface area contributed by atoms with Crippen molar-refractivity contribution in [3.05, 3.63) is 0 Å². The first-order chi connectivity index (χ1) is 5.13. The van der Waals surface area contributed by atoms with Gasteiger partial charge >= 0.3 is 0 Å². The van der Waals surface area contributed by atoms with Gasteiger partial charge in [-0.3, -0.25) is 0 Å². The van der Waals surface area contributed by atoms with Gasteiger partial charge in [-0.15, -0.1) is 0 Å². The monoisotopic (exact) mass is 159 g/mol. The lowest BCUT2D eigenvalue weighted by molar-refractivity contribution is -0.0476. The molecule has 0 bridgehead atoms. The summed E-state index contributed by atoms with van der Waals surface area (Å²) in [7, 11) is 0. The Hall–Kier alpha value is -0.120. The molecule has 0 aromatic heterocycles. The van der Waals surface area contributed by atoms with Gasteiger partial charge in [0.2, 0.25) is 0 Å². The molecule has 66 valence electrons. The third-order valence-electron chi connectivity index (χ3n) is 2.42. The number of hydrogen-bond donors (Lipinski definition) is 3. The molecule has 1 rings (SSSR count). The summed E-state index contributed by atoms with van der Waals surface area (Å²) >= 11 is 0. The van der Waals surface area contributed by atoms with Gasteiger partial charge in [-0.05, 0) is 5.92 Å². The highest BCUT2D eigenvalue weighted by atomic mass is 16.3. The Morgan fingerprint density at radius 1 is 1.27 bits per heavy atom. The molecule has 3 heteroatoms. The highest BCUT2D eigenvalue weighted by Crippen LogP contribution is 2.19. The quantitative estimate of drug-likeness (QED) is 0.487. The van der Waals surface area contributed by atoms with E-state index in [1.54, 1.807) is 0 Å². The van der Waals surface area contributed by atoms with Gasteiger partial charge in [0, 0.05) is 19.0 Å². The van der Waals surface area contributed by atoms with E-state index in [4.69, 9.17) is 0 Å². The van der Waals surface area contributed by atoms with Crippen molar-refractivity contribution in [1.82, 2.24) is 5.32 Å². The zero-order valence-corrected chi connectivity index (χ0v) is 7.12. The van der Waals surface area contributed by atoms with Crippen molar-refractivity contribution in [2.75, 3.05) is 13.1 Å². The van der Waals surface area contributed by atoms with Gasteiger partial charge in [-0.25, -0.2) is 0 Å². The van der Waals surface area contributed by atoms with Crippen LogP contribution in [-0.4, -0.2) is 35.5 Å². The standard InChI is InChI=1S/C8H17NO2/c1-5(2)6-3-9-4-7(10)8(6)11/h5-11H,3-4H2,1-2H3/t6?,7-,8-/m1/s1. The van der Waals surface area contributed by atoms with Gasteiger partial charge in [0.25, 0.3) is 0 Å². The first-order valence-corrected chi connectivity index (χ1v) is 4.19. The van der Waals surface area contributed by atoms with E-state index in [2.05, 4.69) is 19.2 Å². The maximum Gasteiger partial charge on any atom is 0.0926 e. The average molecular weight is 159 g/mol. The fourth-order valence-corrected chi connectivity index (χ4v) is 1.55. The van der Waals surface area contributed by atoms with Crippen LogP contribution in [0.3, 0.4) is 0 Å². The molecular weight excluding hydrogens is 142 g/mol. The Morgan fingerprint density at radius 3 is 2.36 bits per heavy atom. The lowest BCUT2D eigenvalue weighted by Gasteiger charge is -2.34. The topological polar surface area (TPSA) is 52.5 Å². The summed E-state index contributed by atoms with van der Waals surface area (Å²) in [5.74, 6) is 0.617. The molecule has 11 heavy (non-hydrogen) atoms. The number of nitrogens with one attached hydrogen (secondary N) is 1. The summed E-state index contributed by atoms with van der Waals surface area (Å²) in [5.41, 5.74) is 0.